The van der Waals surface area contributed by atoms with Crippen LogP contribution in [0, 0.1) is 0 Å². The van der Waals surface area contributed by atoms with Crippen molar-refractivity contribution in [3.05, 3.63) is 30.3 Å². The number of nitrogens with one attached hydrogen (secondary N) is 1. The summed E-state index contributed by atoms with van der Waals surface area (Å²) in [5, 5.41) is 1.45. The van der Waals surface area contributed by atoms with E-state index in [9.17, 15) is 13.2 Å². The highest BCUT2D eigenvalue weighted by Crippen LogP contribution is 2.10. The number of benzene rings is 1. The van der Waals surface area contributed by atoms with Crippen molar-refractivity contribution < 1.29 is 13.2 Å². The van der Waals surface area contributed by atoms with Crippen LogP contribution in [0.2, 0.25) is 0 Å². The van der Waals surface area contributed by atoms with Crippen LogP contribution in [0.4, 0.5) is 5.69 Å². The molecule has 0 heterocycles. The van der Waals surface area contributed by atoms with E-state index in [0.29, 0.717) is 5.69 Å². The first kappa shape index (κ1) is 14.7. The van der Waals surface area contributed by atoms with E-state index in [2.05, 4.69) is 5.32 Å². The van der Waals surface area contributed by atoms with Crippen LogP contribution in [0.3, 0.4) is 0 Å². The van der Waals surface area contributed by atoms with Crippen LogP contribution >= 0.6 is 0 Å². The number of nitrogens with two attached hydrogens (primary N) is 1. The average Bonchev–Trinajstić information content (AvgIpc) is 2.27. The van der Waals surface area contributed by atoms with Gasteiger partial charge in [-0.2, -0.15) is 0 Å². The Labute approximate surface area is 107 Å². The quantitative estimate of drug-likeness (QED) is 0.827. The number of carbonyl (C=O) groups excluding carboxylic acids is 1. The minimum atomic E-state index is -3.52. The Kier molecular flexibility index (Phi) is 4.86. The van der Waals surface area contributed by atoms with Crippen LogP contribution in [-0.2, 0) is 14.6 Å². The third-order valence-electron chi connectivity index (χ3n) is 2.44. The van der Waals surface area contributed by atoms with Gasteiger partial charge in [-0.25, -0.2) is 8.42 Å². The standard InChI is InChI=1S/C12H18N2O3S/c1-9(13)8-18(16,17)10(2)12(15)14-11-6-4-3-5-7-11/h3-7,9-10H,8,13H2,1-2H3,(H,14,15). The Bertz CT molecular complexity index is 497. The molecule has 0 fully saturated rings. The Morgan fingerprint density at radius 3 is 2.33 bits per heavy atom. The Hall–Kier alpha value is -1.40. The highest BCUT2D eigenvalue weighted by atomic mass is 32.2. The molecule has 1 amide bonds. The predicted molar refractivity (Wildman–Crippen MR) is 72.0 cm³/mol. The monoisotopic (exact) mass is 270 g/mol. The molecule has 0 bridgehead atoms. The Morgan fingerprint density at radius 2 is 1.83 bits per heavy atom. The van der Waals surface area contributed by atoms with Gasteiger partial charge >= 0.3 is 0 Å². The van der Waals surface area contributed by atoms with Crippen molar-refractivity contribution >= 4 is 21.4 Å². The minimum Gasteiger partial charge on any atom is -0.327 e. The van der Waals surface area contributed by atoms with Crippen molar-refractivity contribution in [1.29, 1.82) is 0 Å². The van der Waals surface area contributed by atoms with E-state index >= 15 is 0 Å². The summed E-state index contributed by atoms with van der Waals surface area (Å²) in [7, 11) is -3.52. The summed E-state index contributed by atoms with van der Waals surface area (Å²) in [4.78, 5) is 11.8. The molecule has 1 aromatic carbocycles. The number of amides is 1. The van der Waals surface area contributed by atoms with Crippen LogP contribution in [-0.4, -0.2) is 31.4 Å². The molecule has 6 heteroatoms. The maximum absolute atomic E-state index is 11.8. The Morgan fingerprint density at radius 1 is 1.28 bits per heavy atom. The fourth-order valence-corrected chi connectivity index (χ4v) is 2.85. The van der Waals surface area contributed by atoms with Crippen molar-refractivity contribution in [1.82, 2.24) is 0 Å². The van der Waals surface area contributed by atoms with Gasteiger partial charge in [0.05, 0.1) is 5.75 Å². The number of sulfone groups is 1. The predicted octanol–water partition coefficient (Wildman–Crippen LogP) is 0.776. The molecular weight excluding hydrogens is 252 g/mol. The fraction of sp³-hybridized carbons (Fsp3) is 0.417. The van der Waals surface area contributed by atoms with Crippen LogP contribution < -0.4 is 11.1 Å². The lowest BCUT2D eigenvalue weighted by Gasteiger charge is -2.14. The molecule has 1 aromatic rings. The van der Waals surface area contributed by atoms with Crippen molar-refractivity contribution in [2.75, 3.05) is 11.1 Å². The highest BCUT2D eigenvalue weighted by Gasteiger charge is 2.28. The lowest BCUT2D eigenvalue weighted by atomic mass is 10.3. The van der Waals surface area contributed by atoms with Crippen molar-refractivity contribution in [2.45, 2.75) is 25.1 Å². The molecule has 0 aromatic heterocycles. The number of rotatable bonds is 5. The summed E-state index contributed by atoms with van der Waals surface area (Å²) in [5.41, 5.74) is 6.03. The van der Waals surface area contributed by atoms with E-state index in [1.165, 1.54) is 6.92 Å². The van der Waals surface area contributed by atoms with Crippen LogP contribution in [0.5, 0.6) is 0 Å². The van der Waals surface area contributed by atoms with Gasteiger partial charge in [-0.15, -0.1) is 0 Å². The molecular formula is C12H18N2O3S. The van der Waals surface area contributed by atoms with Gasteiger partial charge in [-0.05, 0) is 26.0 Å². The van der Waals surface area contributed by atoms with E-state index in [-0.39, 0.29) is 5.75 Å². The summed E-state index contributed by atoms with van der Waals surface area (Å²) in [5.74, 6) is -0.738. The van der Waals surface area contributed by atoms with Gasteiger partial charge < -0.3 is 11.1 Å². The van der Waals surface area contributed by atoms with Crippen molar-refractivity contribution in [3.8, 4) is 0 Å². The molecule has 3 N–H and O–H groups in total. The number of para-hydroxylation sites is 1. The van der Waals surface area contributed by atoms with E-state index in [4.69, 9.17) is 5.73 Å². The average molecular weight is 270 g/mol. The zero-order valence-electron chi connectivity index (χ0n) is 10.5. The summed E-state index contributed by atoms with van der Waals surface area (Å²) >= 11 is 0. The summed E-state index contributed by atoms with van der Waals surface area (Å²) in [6.45, 7) is 2.97. The molecule has 2 unspecified atom stereocenters. The molecule has 100 valence electrons. The third-order valence-corrected chi connectivity index (χ3v) is 4.73. The molecule has 0 aliphatic rings. The van der Waals surface area contributed by atoms with Gasteiger partial charge in [0.1, 0.15) is 5.25 Å². The molecule has 0 aliphatic carbocycles. The van der Waals surface area contributed by atoms with Crippen LogP contribution in [0.25, 0.3) is 0 Å². The largest absolute Gasteiger partial charge is 0.327 e. The number of hydrogen-bond donors (Lipinski definition) is 2. The van der Waals surface area contributed by atoms with Gasteiger partial charge in [0.25, 0.3) is 0 Å². The van der Waals surface area contributed by atoms with Crippen molar-refractivity contribution in [3.63, 3.8) is 0 Å². The maximum atomic E-state index is 11.8. The normalized spacial score (nSPS) is 14.8. The second kappa shape index (κ2) is 5.97. The zero-order valence-corrected chi connectivity index (χ0v) is 11.3. The van der Waals surface area contributed by atoms with E-state index in [1.807, 2.05) is 6.07 Å². The second-order valence-corrected chi connectivity index (χ2v) is 6.67. The number of anilines is 1. The van der Waals surface area contributed by atoms with Crippen LogP contribution in [0.1, 0.15) is 13.8 Å². The second-order valence-electron chi connectivity index (χ2n) is 4.30. The van der Waals surface area contributed by atoms with Gasteiger partial charge in [0.15, 0.2) is 9.84 Å². The minimum absolute atomic E-state index is 0.198. The third kappa shape index (κ3) is 4.12. The topological polar surface area (TPSA) is 89.3 Å². The SMILES string of the molecule is CC(N)CS(=O)(=O)C(C)C(=O)Nc1ccccc1. The molecule has 0 spiro atoms. The first-order valence-corrected chi connectivity index (χ1v) is 7.37. The van der Waals surface area contributed by atoms with Crippen molar-refractivity contribution in [2.24, 2.45) is 5.73 Å². The summed E-state index contributed by atoms with van der Waals surface area (Å²) < 4.78 is 23.7. The van der Waals surface area contributed by atoms with Crippen LogP contribution in [0.15, 0.2) is 30.3 Å². The molecule has 2 atom stereocenters. The van der Waals surface area contributed by atoms with Gasteiger partial charge in [-0.3, -0.25) is 4.79 Å². The smallest absolute Gasteiger partial charge is 0.242 e. The zero-order chi connectivity index (χ0) is 13.8. The van der Waals surface area contributed by atoms with Gasteiger partial charge in [0.2, 0.25) is 5.91 Å². The van der Waals surface area contributed by atoms with E-state index in [1.54, 1.807) is 31.2 Å². The Balaban J connectivity index is 2.73. The number of hydrogen-bond acceptors (Lipinski definition) is 4. The molecule has 5 nitrogen and oxygen atoms in total. The summed E-state index contributed by atoms with van der Waals surface area (Å²) in [6.07, 6.45) is 0. The molecule has 0 saturated carbocycles. The molecule has 0 radical (unpaired) electrons. The molecule has 0 aliphatic heterocycles. The maximum Gasteiger partial charge on any atom is 0.242 e. The molecule has 18 heavy (non-hydrogen) atoms. The first-order chi connectivity index (χ1) is 8.33. The van der Waals surface area contributed by atoms with E-state index < -0.39 is 27.0 Å². The fourth-order valence-electron chi connectivity index (χ4n) is 1.44. The number of carbonyl (C=O) groups is 1. The lowest BCUT2D eigenvalue weighted by Crippen LogP contribution is -2.38. The molecule has 1 rings (SSSR count). The lowest BCUT2D eigenvalue weighted by molar-refractivity contribution is -0.115. The highest BCUT2D eigenvalue weighted by molar-refractivity contribution is 7.92. The first-order valence-electron chi connectivity index (χ1n) is 5.66. The summed E-state index contributed by atoms with van der Waals surface area (Å²) in [6, 6.07) is 8.24. The van der Waals surface area contributed by atoms with Gasteiger partial charge in [0, 0.05) is 11.7 Å². The molecule has 0 saturated heterocycles. The van der Waals surface area contributed by atoms with E-state index in [0.717, 1.165) is 0 Å². The van der Waals surface area contributed by atoms with Gasteiger partial charge in [-0.1, -0.05) is 18.2 Å².